The van der Waals surface area contributed by atoms with Crippen LogP contribution >= 0.6 is 0 Å². The Bertz CT molecular complexity index is 844. The minimum Gasteiger partial charge on any atom is -0.366 e. The Morgan fingerprint density at radius 1 is 0.958 bits per heavy atom. The first-order valence-electron chi connectivity index (χ1n) is 7.07. The fourth-order valence-corrected chi connectivity index (χ4v) is 2.56. The van der Waals surface area contributed by atoms with E-state index < -0.39 is 15.9 Å². The van der Waals surface area contributed by atoms with Gasteiger partial charge in [0.2, 0.25) is 21.8 Å². The third-order valence-electron chi connectivity index (χ3n) is 3.35. The van der Waals surface area contributed by atoms with E-state index in [4.69, 9.17) is 10.9 Å². The SMILES string of the molecule is NC(=O)c1ccc(NC(=O)CCc2ccc(S(N)(=O)=O)cc2)cc1. The molecule has 0 aliphatic rings. The van der Waals surface area contributed by atoms with Crippen molar-refractivity contribution in [3.05, 3.63) is 59.7 Å². The number of carbonyl (C=O) groups is 2. The van der Waals surface area contributed by atoms with Crippen LogP contribution in [0, 0.1) is 0 Å². The van der Waals surface area contributed by atoms with Crippen LogP contribution in [0.2, 0.25) is 0 Å². The van der Waals surface area contributed by atoms with Crippen LogP contribution < -0.4 is 16.2 Å². The molecule has 0 aromatic heterocycles. The number of nitrogens with two attached hydrogens (primary N) is 2. The molecular weight excluding hydrogens is 330 g/mol. The van der Waals surface area contributed by atoms with E-state index in [9.17, 15) is 18.0 Å². The minimum atomic E-state index is -3.71. The number of hydrogen-bond donors (Lipinski definition) is 3. The Morgan fingerprint density at radius 3 is 2.04 bits per heavy atom. The van der Waals surface area contributed by atoms with E-state index in [0.29, 0.717) is 17.7 Å². The number of rotatable bonds is 6. The highest BCUT2D eigenvalue weighted by Gasteiger charge is 2.08. The number of benzene rings is 2. The second-order valence-electron chi connectivity index (χ2n) is 5.18. The standard InChI is InChI=1S/C16H17N3O4S/c17-16(21)12-4-6-13(7-5-12)19-15(20)10-3-11-1-8-14(9-2-11)24(18,22)23/h1-2,4-9H,3,10H2,(H2,17,21)(H,19,20)(H2,18,22,23). The molecule has 0 aliphatic carbocycles. The van der Waals surface area contributed by atoms with Crippen molar-refractivity contribution in [2.45, 2.75) is 17.7 Å². The molecule has 2 rings (SSSR count). The molecule has 0 bridgehead atoms. The molecule has 0 heterocycles. The van der Waals surface area contributed by atoms with E-state index in [-0.39, 0.29) is 17.2 Å². The lowest BCUT2D eigenvalue weighted by Gasteiger charge is -2.06. The van der Waals surface area contributed by atoms with Gasteiger partial charge in [-0.15, -0.1) is 0 Å². The third-order valence-corrected chi connectivity index (χ3v) is 4.28. The molecule has 5 N–H and O–H groups in total. The zero-order valence-corrected chi connectivity index (χ0v) is 13.5. The van der Waals surface area contributed by atoms with Gasteiger partial charge in [0.15, 0.2) is 0 Å². The number of carbonyl (C=O) groups excluding carboxylic acids is 2. The normalized spacial score (nSPS) is 11.0. The lowest BCUT2D eigenvalue weighted by atomic mass is 10.1. The number of aryl methyl sites for hydroxylation is 1. The van der Waals surface area contributed by atoms with Crippen LogP contribution in [0.5, 0.6) is 0 Å². The summed E-state index contributed by atoms with van der Waals surface area (Å²) in [6, 6.07) is 12.3. The van der Waals surface area contributed by atoms with Crippen LogP contribution in [0.4, 0.5) is 5.69 Å². The second-order valence-corrected chi connectivity index (χ2v) is 6.74. The lowest BCUT2D eigenvalue weighted by Crippen LogP contribution is -2.14. The number of primary sulfonamides is 1. The topological polar surface area (TPSA) is 132 Å². The van der Waals surface area contributed by atoms with E-state index in [1.807, 2.05) is 0 Å². The maximum atomic E-state index is 11.9. The molecule has 2 amide bonds. The Kier molecular flexibility index (Phi) is 5.32. The van der Waals surface area contributed by atoms with Crippen molar-refractivity contribution in [3.63, 3.8) is 0 Å². The highest BCUT2D eigenvalue weighted by molar-refractivity contribution is 7.89. The fourth-order valence-electron chi connectivity index (χ4n) is 2.04. The van der Waals surface area contributed by atoms with Crippen LogP contribution in [0.15, 0.2) is 53.4 Å². The van der Waals surface area contributed by atoms with Crippen molar-refractivity contribution in [1.29, 1.82) is 0 Å². The van der Waals surface area contributed by atoms with Gasteiger partial charge in [-0.2, -0.15) is 0 Å². The number of primary amides is 1. The van der Waals surface area contributed by atoms with Crippen LogP contribution in [0.3, 0.4) is 0 Å². The smallest absolute Gasteiger partial charge is 0.248 e. The molecule has 0 aliphatic heterocycles. The zero-order chi connectivity index (χ0) is 17.7. The van der Waals surface area contributed by atoms with Crippen LogP contribution in [0.1, 0.15) is 22.3 Å². The van der Waals surface area contributed by atoms with Gasteiger partial charge in [-0.3, -0.25) is 9.59 Å². The van der Waals surface area contributed by atoms with Crippen LogP contribution in [-0.4, -0.2) is 20.2 Å². The molecule has 0 spiro atoms. The van der Waals surface area contributed by atoms with E-state index in [2.05, 4.69) is 5.32 Å². The molecule has 24 heavy (non-hydrogen) atoms. The quantitative estimate of drug-likeness (QED) is 0.719. The first-order chi connectivity index (χ1) is 11.3. The van der Waals surface area contributed by atoms with E-state index in [1.54, 1.807) is 24.3 Å². The van der Waals surface area contributed by atoms with Crippen molar-refractivity contribution in [2.24, 2.45) is 10.9 Å². The summed E-state index contributed by atoms with van der Waals surface area (Å²) in [4.78, 5) is 22.9. The van der Waals surface area contributed by atoms with Crippen molar-refractivity contribution < 1.29 is 18.0 Å². The summed E-state index contributed by atoms with van der Waals surface area (Å²) >= 11 is 0. The first-order valence-corrected chi connectivity index (χ1v) is 8.62. The highest BCUT2D eigenvalue weighted by Crippen LogP contribution is 2.12. The number of anilines is 1. The summed E-state index contributed by atoms with van der Waals surface area (Å²) in [5, 5.41) is 7.73. The summed E-state index contributed by atoms with van der Waals surface area (Å²) in [5.74, 6) is -0.729. The number of hydrogen-bond acceptors (Lipinski definition) is 4. The molecule has 2 aromatic carbocycles. The van der Waals surface area contributed by atoms with E-state index in [1.165, 1.54) is 24.3 Å². The molecule has 0 radical (unpaired) electrons. The zero-order valence-electron chi connectivity index (χ0n) is 12.7. The number of nitrogens with one attached hydrogen (secondary N) is 1. The van der Waals surface area contributed by atoms with Gasteiger partial charge in [-0.1, -0.05) is 12.1 Å². The number of amides is 2. The first kappa shape index (κ1) is 17.6. The van der Waals surface area contributed by atoms with Crippen LogP contribution in [-0.2, 0) is 21.2 Å². The van der Waals surface area contributed by atoms with E-state index >= 15 is 0 Å². The van der Waals surface area contributed by atoms with Crippen molar-refractivity contribution in [2.75, 3.05) is 5.32 Å². The van der Waals surface area contributed by atoms with Gasteiger partial charge in [-0.05, 0) is 48.4 Å². The molecule has 0 atom stereocenters. The predicted molar refractivity (Wildman–Crippen MR) is 89.7 cm³/mol. The average molecular weight is 347 g/mol. The summed E-state index contributed by atoms with van der Waals surface area (Å²) in [7, 11) is -3.71. The Morgan fingerprint density at radius 2 is 1.54 bits per heavy atom. The molecule has 2 aromatic rings. The minimum absolute atomic E-state index is 0.0326. The van der Waals surface area contributed by atoms with Crippen molar-refractivity contribution in [1.82, 2.24) is 0 Å². The highest BCUT2D eigenvalue weighted by atomic mass is 32.2. The summed E-state index contributed by atoms with van der Waals surface area (Å²) in [6.07, 6.45) is 0.683. The van der Waals surface area contributed by atoms with Gasteiger partial charge in [0, 0.05) is 17.7 Å². The number of sulfonamides is 1. The molecule has 8 heteroatoms. The molecule has 7 nitrogen and oxygen atoms in total. The summed E-state index contributed by atoms with van der Waals surface area (Å²) in [5.41, 5.74) is 6.89. The van der Waals surface area contributed by atoms with Gasteiger partial charge < -0.3 is 11.1 Å². The Labute approximate surface area is 139 Å². The molecular formula is C16H17N3O4S. The van der Waals surface area contributed by atoms with Crippen LogP contribution in [0.25, 0.3) is 0 Å². The Balaban J connectivity index is 1.90. The maximum absolute atomic E-state index is 11.9. The molecule has 126 valence electrons. The average Bonchev–Trinajstić information content (AvgIpc) is 2.53. The van der Waals surface area contributed by atoms with Crippen molar-refractivity contribution in [3.8, 4) is 0 Å². The van der Waals surface area contributed by atoms with Gasteiger partial charge in [0.1, 0.15) is 0 Å². The fraction of sp³-hybridized carbons (Fsp3) is 0.125. The van der Waals surface area contributed by atoms with Gasteiger partial charge in [0.05, 0.1) is 4.90 Å². The summed E-state index contributed by atoms with van der Waals surface area (Å²) in [6.45, 7) is 0. The molecule has 0 saturated heterocycles. The summed E-state index contributed by atoms with van der Waals surface area (Å²) < 4.78 is 22.3. The van der Waals surface area contributed by atoms with Gasteiger partial charge in [-0.25, -0.2) is 13.6 Å². The predicted octanol–water partition coefficient (Wildman–Crippen LogP) is 1.00. The molecule has 0 saturated carbocycles. The lowest BCUT2D eigenvalue weighted by molar-refractivity contribution is -0.116. The largest absolute Gasteiger partial charge is 0.366 e. The van der Waals surface area contributed by atoms with E-state index in [0.717, 1.165) is 5.56 Å². The molecule has 0 unspecified atom stereocenters. The second kappa shape index (κ2) is 7.24. The van der Waals surface area contributed by atoms with Crippen molar-refractivity contribution >= 4 is 27.5 Å². The Hall–Kier alpha value is -2.71. The van der Waals surface area contributed by atoms with Gasteiger partial charge >= 0.3 is 0 Å². The third kappa shape index (κ3) is 4.90. The van der Waals surface area contributed by atoms with Gasteiger partial charge in [0.25, 0.3) is 0 Å². The molecule has 0 fully saturated rings. The monoisotopic (exact) mass is 347 g/mol. The maximum Gasteiger partial charge on any atom is 0.248 e.